The van der Waals surface area contributed by atoms with Crippen LogP contribution in [-0.4, -0.2) is 31.2 Å². The van der Waals surface area contributed by atoms with Crippen molar-refractivity contribution in [2.24, 2.45) is 5.92 Å². The van der Waals surface area contributed by atoms with E-state index in [4.69, 9.17) is 0 Å². The highest BCUT2D eigenvalue weighted by molar-refractivity contribution is 5.44. The van der Waals surface area contributed by atoms with Gasteiger partial charge in [0.2, 0.25) is 0 Å². The molecule has 3 heteroatoms. The van der Waals surface area contributed by atoms with Gasteiger partial charge >= 0.3 is 0 Å². The Morgan fingerprint density at radius 2 is 2.25 bits per heavy atom. The molecule has 0 aliphatic carbocycles. The molecular weight excluding hydrogens is 198 g/mol. The molecule has 1 aliphatic heterocycles. The molecule has 1 aliphatic rings. The summed E-state index contributed by atoms with van der Waals surface area (Å²) < 4.78 is 0. The number of nitrogens with zero attached hydrogens (tertiary/aromatic N) is 2. The molecule has 1 N–H and O–H groups in total. The molecular formula is C13H21N3. The number of hydrogen-bond donors (Lipinski definition) is 1. The summed E-state index contributed by atoms with van der Waals surface area (Å²) in [5, 5.41) is 3.48. The van der Waals surface area contributed by atoms with Crippen LogP contribution in [-0.2, 0) is 0 Å². The molecule has 0 bridgehead atoms. The van der Waals surface area contributed by atoms with E-state index in [1.807, 2.05) is 12.4 Å². The van der Waals surface area contributed by atoms with Gasteiger partial charge < -0.3 is 10.2 Å². The lowest BCUT2D eigenvalue weighted by Crippen LogP contribution is -2.38. The summed E-state index contributed by atoms with van der Waals surface area (Å²) in [6.45, 7) is 6.81. The van der Waals surface area contributed by atoms with E-state index in [9.17, 15) is 0 Å². The van der Waals surface area contributed by atoms with Gasteiger partial charge in [0, 0.05) is 31.2 Å². The lowest BCUT2D eigenvalue weighted by molar-refractivity contribution is 0.378. The predicted molar refractivity (Wildman–Crippen MR) is 67.7 cm³/mol. The summed E-state index contributed by atoms with van der Waals surface area (Å²) in [4.78, 5) is 6.51. The van der Waals surface area contributed by atoms with Crippen LogP contribution in [0.25, 0.3) is 0 Å². The summed E-state index contributed by atoms with van der Waals surface area (Å²) in [7, 11) is 0. The van der Waals surface area contributed by atoms with Crippen LogP contribution in [0, 0.1) is 5.92 Å². The highest BCUT2D eigenvalue weighted by Crippen LogP contribution is 2.17. The molecule has 1 aromatic rings. The normalized spacial score (nSPS) is 20.7. The Bertz CT molecular complexity index is 293. The first kappa shape index (κ1) is 11.4. The summed E-state index contributed by atoms with van der Waals surface area (Å²) in [6, 6.07) is 4.19. The monoisotopic (exact) mass is 219 g/mol. The minimum atomic E-state index is 0.793. The van der Waals surface area contributed by atoms with Crippen molar-refractivity contribution in [3.63, 3.8) is 0 Å². The molecule has 1 saturated heterocycles. The molecule has 16 heavy (non-hydrogen) atoms. The van der Waals surface area contributed by atoms with Crippen LogP contribution < -0.4 is 10.2 Å². The van der Waals surface area contributed by atoms with Crippen LogP contribution >= 0.6 is 0 Å². The van der Waals surface area contributed by atoms with Gasteiger partial charge in [-0.1, -0.05) is 0 Å². The van der Waals surface area contributed by atoms with Crippen molar-refractivity contribution in [2.75, 3.05) is 31.1 Å². The van der Waals surface area contributed by atoms with Crippen molar-refractivity contribution >= 4 is 5.69 Å². The molecule has 1 atom stereocenters. The average molecular weight is 219 g/mol. The second kappa shape index (κ2) is 5.85. The van der Waals surface area contributed by atoms with Crippen LogP contribution in [0.2, 0.25) is 0 Å². The number of rotatable bonds is 4. The van der Waals surface area contributed by atoms with E-state index in [0.29, 0.717) is 0 Å². The molecule has 0 spiro atoms. The van der Waals surface area contributed by atoms with Gasteiger partial charge in [0.25, 0.3) is 0 Å². The van der Waals surface area contributed by atoms with Crippen molar-refractivity contribution in [3.05, 3.63) is 24.5 Å². The fourth-order valence-corrected chi connectivity index (χ4v) is 2.36. The zero-order chi connectivity index (χ0) is 11.2. The first-order valence-corrected chi connectivity index (χ1v) is 6.26. The zero-order valence-corrected chi connectivity index (χ0v) is 10.0. The van der Waals surface area contributed by atoms with Crippen molar-refractivity contribution in [3.8, 4) is 0 Å². The van der Waals surface area contributed by atoms with Gasteiger partial charge in [0.05, 0.1) is 0 Å². The molecule has 88 valence electrons. The molecule has 0 amide bonds. The second-order valence-electron chi connectivity index (χ2n) is 4.46. The van der Waals surface area contributed by atoms with Gasteiger partial charge in [-0.25, -0.2) is 0 Å². The quantitative estimate of drug-likeness (QED) is 0.838. The van der Waals surface area contributed by atoms with Crippen LogP contribution in [0.4, 0.5) is 5.69 Å². The average Bonchev–Trinajstić information content (AvgIpc) is 2.38. The van der Waals surface area contributed by atoms with Gasteiger partial charge in [0.1, 0.15) is 0 Å². The van der Waals surface area contributed by atoms with Gasteiger partial charge in [-0.15, -0.1) is 0 Å². The number of nitrogens with one attached hydrogen (secondary N) is 1. The third kappa shape index (κ3) is 2.95. The number of aromatic nitrogens is 1. The number of hydrogen-bond acceptors (Lipinski definition) is 3. The van der Waals surface area contributed by atoms with Crippen LogP contribution in [0.15, 0.2) is 24.5 Å². The first-order valence-electron chi connectivity index (χ1n) is 6.26. The maximum absolute atomic E-state index is 4.07. The Labute approximate surface area is 97.9 Å². The lowest BCUT2D eigenvalue weighted by Gasteiger charge is -2.30. The summed E-state index contributed by atoms with van der Waals surface area (Å²) in [5.41, 5.74) is 1.29. The van der Waals surface area contributed by atoms with Crippen molar-refractivity contribution in [1.82, 2.24) is 10.3 Å². The molecule has 3 nitrogen and oxygen atoms in total. The third-order valence-corrected chi connectivity index (χ3v) is 3.29. The van der Waals surface area contributed by atoms with Gasteiger partial charge in [-0.2, -0.15) is 0 Å². The Morgan fingerprint density at radius 1 is 1.44 bits per heavy atom. The van der Waals surface area contributed by atoms with E-state index in [-0.39, 0.29) is 0 Å². The maximum atomic E-state index is 4.07. The SMILES string of the molecule is CCN(CC1CCCNC1)c1ccncc1. The fraction of sp³-hybridized carbons (Fsp3) is 0.615. The summed E-state index contributed by atoms with van der Waals surface area (Å²) >= 11 is 0. The molecule has 0 saturated carbocycles. The Balaban J connectivity index is 1.94. The first-order chi connectivity index (χ1) is 7.90. The number of anilines is 1. The van der Waals surface area contributed by atoms with Gasteiger partial charge in [-0.05, 0) is 50.9 Å². The molecule has 0 radical (unpaired) electrons. The maximum Gasteiger partial charge on any atom is 0.0397 e. The minimum absolute atomic E-state index is 0.793. The van der Waals surface area contributed by atoms with Crippen LogP contribution in [0.3, 0.4) is 0 Å². The van der Waals surface area contributed by atoms with E-state index < -0.39 is 0 Å². The second-order valence-corrected chi connectivity index (χ2v) is 4.46. The molecule has 1 aromatic heterocycles. The van der Waals surface area contributed by atoms with E-state index in [1.165, 1.54) is 31.6 Å². The molecule has 1 fully saturated rings. The molecule has 1 unspecified atom stereocenters. The predicted octanol–water partition coefficient (Wildman–Crippen LogP) is 1.91. The zero-order valence-electron chi connectivity index (χ0n) is 10.0. The van der Waals surface area contributed by atoms with Crippen LogP contribution in [0.5, 0.6) is 0 Å². The minimum Gasteiger partial charge on any atom is -0.371 e. The van der Waals surface area contributed by atoms with Crippen LogP contribution in [0.1, 0.15) is 19.8 Å². The Morgan fingerprint density at radius 3 is 2.88 bits per heavy atom. The molecule has 2 rings (SSSR count). The lowest BCUT2D eigenvalue weighted by atomic mass is 9.99. The van der Waals surface area contributed by atoms with Crippen molar-refractivity contribution in [1.29, 1.82) is 0 Å². The molecule has 0 aromatic carbocycles. The highest BCUT2D eigenvalue weighted by atomic mass is 15.1. The van der Waals surface area contributed by atoms with Gasteiger partial charge in [-0.3, -0.25) is 4.98 Å². The topological polar surface area (TPSA) is 28.2 Å². The van der Waals surface area contributed by atoms with E-state index >= 15 is 0 Å². The van der Waals surface area contributed by atoms with Gasteiger partial charge in [0.15, 0.2) is 0 Å². The molecule has 2 heterocycles. The summed E-state index contributed by atoms with van der Waals surface area (Å²) in [6.07, 6.45) is 6.42. The fourth-order valence-electron chi connectivity index (χ4n) is 2.36. The van der Waals surface area contributed by atoms with Crippen molar-refractivity contribution < 1.29 is 0 Å². The Hall–Kier alpha value is -1.09. The Kier molecular flexibility index (Phi) is 4.17. The van der Waals surface area contributed by atoms with E-state index in [1.54, 1.807) is 0 Å². The third-order valence-electron chi connectivity index (χ3n) is 3.29. The number of pyridine rings is 1. The smallest absolute Gasteiger partial charge is 0.0397 e. The van der Waals surface area contributed by atoms with E-state index in [0.717, 1.165) is 19.0 Å². The van der Waals surface area contributed by atoms with E-state index in [2.05, 4.69) is 34.3 Å². The standard InChI is InChI=1S/C13H21N3/c1-2-16(13-5-8-14-9-6-13)11-12-4-3-7-15-10-12/h5-6,8-9,12,15H,2-4,7,10-11H2,1H3. The highest BCUT2D eigenvalue weighted by Gasteiger charge is 2.16. The summed E-state index contributed by atoms with van der Waals surface area (Å²) in [5.74, 6) is 0.793. The number of piperidine rings is 1. The van der Waals surface area contributed by atoms with Crippen molar-refractivity contribution in [2.45, 2.75) is 19.8 Å². The largest absolute Gasteiger partial charge is 0.371 e.